The summed E-state index contributed by atoms with van der Waals surface area (Å²) in [5.41, 5.74) is 0.783. The van der Waals surface area contributed by atoms with Gasteiger partial charge in [0.05, 0.1) is 24.4 Å². The van der Waals surface area contributed by atoms with Crippen LogP contribution in [0.4, 0.5) is 0 Å². The van der Waals surface area contributed by atoms with E-state index in [0.717, 1.165) is 11.9 Å². The molecule has 0 saturated carbocycles. The molecule has 1 aliphatic rings. The highest BCUT2D eigenvalue weighted by Gasteiger charge is 2.37. The van der Waals surface area contributed by atoms with Crippen molar-refractivity contribution in [1.29, 1.82) is 0 Å². The van der Waals surface area contributed by atoms with E-state index in [2.05, 4.69) is 10.3 Å². The highest BCUT2D eigenvalue weighted by Crippen LogP contribution is 2.18. The Hall–Kier alpha value is -1.47. The first-order valence-corrected chi connectivity index (χ1v) is 7.44. The number of nitrogens with one attached hydrogen (secondary N) is 1. The number of nitrogens with zero attached hydrogens (tertiary/aromatic N) is 2. The summed E-state index contributed by atoms with van der Waals surface area (Å²) in [5, 5.41) is 2.75. The minimum Gasteiger partial charge on any atom is -0.350 e. The lowest BCUT2D eigenvalue weighted by molar-refractivity contribution is -0.128. The molecule has 0 atom stereocenters. The third-order valence-electron chi connectivity index (χ3n) is 2.86. The standard InChI is InChI=1S/C11H15N3O3S/c1-18(16,17)14-7-9(8-14)11(15)13-6-10-4-2-3-5-12-10/h2-5,9H,6-8H2,1H3,(H,13,15). The van der Waals surface area contributed by atoms with Crippen LogP contribution in [-0.2, 0) is 21.4 Å². The van der Waals surface area contributed by atoms with Gasteiger partial charge in [-0.3, -0.25) is 9.78 Å². The molecule has 1 aromatic heterocycles. The molecule has 1 aromatic rings. The summed E-state index contributed by atoms with van der Waals surface area (Å²) in [4.78, 5) is 15.8. The molecule has 0 radical (unpaired) electrons. The molecule has 0 spiro atoms. The van der Waals surface area contributed by atoms with Crippen LogP contribution in [0.2, 0.25) is 0 Å². The first-order chi connectivity index (χ1) is 8.47. The molecular weight excluding hydrogens is 254 g/mol. The van der Waals surface area contributed by atoms with Crippen molar-refractivity contribution in [3.63, 3.8) is 0 Å². The SMILES string of the molecule is CS(=O)(=O)N1CC(C(=O)NCc2ccccn2)C1. The number of rotatable bonds is 4. The number of hydrogen-bond donors (Lipinski definition) is 1. The second kappa shape index (κ2) is 5.03. The van der Waals surface area contributed by atoms with Crippen LogP contribution in [0.3, 0.4) is 0 Å². The van der Waals surface area contributed by atoms with Crippen LogP contribution in [-0.4, -0.2) is 43.0 Å². The number of aromatic nitrogens is 1. The molecule has 6 nitrogen and oxygen atoms in total. The molecule has 1 amide bonds. The molecule has 1 fully saturated rings. The monoisotopic (exact) mass is 269 g/mol. The summed E-state index contributed by atoms with van der Waals surface area (Å²) in [5.74, 6) is -0.371. The average Bonchev–Trinajstić information content (AvgIpc) is 2.24. The quantitative estimate of drug-likeness (QED) is 0.806. The molecular formula is C11H15N3O3S. The first kappa shape index (κ1) is 13.0. The zero-order valence-electron chi connectivity index (χ0n) is 10.0. The number of hydrogen-bond acceptors (Lipinski definition) is 4. The van der Waals surface area contributed by atoms with Crippen molar-refractivity contribution in [2.24, 2.45) is 5.92 Å². The summed E-state index contributed by atoms with van der Waals surface area (Å²) in [7, 11) is -3.16. The van der Waals surface area contributed by atoms with Crippen LogP contribution in [0.25, 0.3) is 0 Å². The number of sulfonamides is 1. The largest absolute Gasteiger partial charge is 0.350 e. The van der Waals surface area contributed by atoms with Gasteiger partial charge in [-0.1, -0.05) is 6.07 Å². The fourth-order valence-corrected chi connectivity index (χ4v) is 2.60. The van der Waals surface area contributed by atoms with E-state index in [0.29, 0.717) is 6.54 Å². The third kappa shape index (κ3) is 3.05. The molecule has 1 aliphatic heterocycles. The second-order valence-electron chi connectivity index (χ2n) is 4.32. The Bertz CT molecular complexity index is 524. The summed E-state index contributed by atoms with van der Waals surface area (Å²) in [6.45, 7) is 0.912. The summed E-state index contributed by atoms with van der Waals surface area (Å²) in [6, 6.07) is 5.48. The number of pyridine rings is 1. The summed E-state index contributed by atoms with van der Waals surface area (Å²) >= 11 is 0. The van der Waals surface area contributed by atoms with Gasteiger partial charge in [0.2, 0.25) is 15.9 Å². The zero-order chi connectivity index (χ0) is 13.2. The number of carbonyl (C=O) groups is 1. The van der Waals surface area contributed by atoms with Gasteiger partial charge in [0.15, 0.2) is 0 Å². The van der Waals surface area contributed by atoms with E-state index < -0.39 is 10.0 Å². The predicted octanol–water partition coefficient (Wildman–Crippen LogP) is -0.411. The molecule has 18 heavy (non-hydrogen) atoms. The van der Waals surface area contributed by atoms with E-state index in [1.807, 2.05) is 12.1 Å². The Balaban J connectivity index is 1.78. The molecule has 0 aromatic carbocycles. The number of carbonyl (C=O) groups excluding carboxylic acids is 1. The highest BCUT2D eigenvalue weighted by molar-refractivity contribution is 7.88. The topological polar surface area (TPSA) is 79.4 Å². The van der Waals surface area contributed by atoms with E-state index in [1.54, 1.807) is 12.3 Å². The van der Waals surface area contributed by atoms with Crippen molar-refractivity contribution in [2.75, 3.05) is 19.3 Å². The second-order valence-corrected chi connectivity index (χ2v) is 6.30. The van der Waals surface area contributed by atoms with Crippen molar-refractivity contribution in [3.8, 4) is 0 Å². The predicted molar refractivity (Wildman–Crippen MR) is 66.0 cm³/mol. The lowest BCUT2D eigenvalue weighted by Crippen LogP contribution is -2.55. The fourth-order valence-electron chi connectivity index (χ4n) is 1.70. The minimum atomic E-state index is -3.16. The van der Waals surface area contributed by atoms with Crippen LogP contribution >= 0.6 is 0 Å². The van der Waals surface area contributed by atoms with Crippen molar-refractivity contribution < 1.29 is 13.2 Å². The van der Waals surface area contributed by atoms with Gasteiger partial charge in [-0.15, -0.1) is 0 Å². The van der Waals surface area contributed by atoms with Crippen molar-refractivity contribution in [2.45, 2.75) is 6.54 Å². The van der Waals surface area contributed by atoms with Gasteiger partial charge < -0.3 is 5.32 Å². The molecule has 98 valence electrons. The van der Waals surface area contributed by atoms with Gasteiger partial charge in [-0.05, 0) is 12.1 Å². The Morgan fingerprint density at radius 3 is 2.78 bits per heavy atom. The Labute approximate surface area is 106 Å². The molecule has 2 rings (SSSR count). The van der Waals surface area contributed by atoms with E-state index >= 15 is 0 Å². The summed E-state index contributed by atoms with van der Waals surface area (Å²) < 4.78 is 23.6. The normalized spacial score (nSPS) is 17.2. The lowest BCUT2D eigenvalue weighted by atomic mass is 10.0. The van der Waals surface area contributed by atoms with Gasteiger partial charge in [0.25, 0.3) is 0 Å². The van der Waals surface area contributed by atoms with E-state index in [1.165, 1.54) is 4.31 Å². The maximum absolute atomic E-state index is 11.7. The Kier molecular flexibility index (Phi) is 3.63. The molecule has 0 aliphatic carbocycles. The highest BCUT2D eigenvalue weighted by atomic mass is 32.2. The Morgan fingerprint density at radius 2 is 2.22 bits per heavy atom. The van der Waals surface area contributed by atoms with Crippen LogP contribution < -0.4 is 5.32 Å². The minimum absolute atomic E-state index is 0.124. The smallest absolute Gasteiger partial charge is 0.226 e. The number of amides is 1. The lowest BCUT2D eigenvalue weighted by Gasteiger charge is -2.35. The van der Waals surface area contributed by atoms with E-state index in [4.69, 9.17) is 0 Å². The van der Waals surface area contributed by atoms with Crippen molar-refractivity contribution in [1.82, 2.24) is 14.6 Å². The molecule has 7 heteroatoms. The van der Waals surface area contributed by atoms with Gasteiger partial charge in [-0.2, -0.15) is 0 Å². The first-order valence-electron chi connectivity index (χ1n) is 5.59. The maximum atomic E-state index is 11.7. The Morgan fingerprint density at radius 1 is 1.50 bits per heavy atom. The summed E-state index contributed by atoms with van der Waals surface area (Å²) in [6.07, 6.45) is 2.81. The van der Waals surface area contributed by atoms with Gasteiger partial charge in [0, 0.05) is 19.3 Å². The van der Waals surface area contributed by atoms with E-state index in [9.17, 15) is 13.2 Å². The maximum Gasteiger partial charge on any atom is 0.226 e. The van der Waals surface area contributed by atoms with Crippen LogP contribution in [0, 0.1) is 5.92 Å². The zero-order valence-corrected chi connectivity index (χ0v) is 10.9. The van der Waals surface area contributed by atoms with E-state index in [-0.39, 0.29) is 24.9 Å². The molecule has 1 saturated heterocycles. The average molecular weight is 269 g/mol. The van der Waals surface area contributed by atoms with Crippen LogP contribution in [0.15, 0.2) is 24.4 Å². The van der Waals surface area contributed by atoms with Crippen molar-refractivity contribution >= 4 is 15.9 Å². The fraction of sp³-hybridized carbons (Fsp3) is 0.455. The molecule has 0 unspecified atom stereocenters. The van der Waals surface area contributed by atoms with Gasteiger partial charge in [0.1, 0.15) is 0 Å². The van der Waals surface area contributed by atoms with Gasteiger partial charge in [-0.25, -0.2) is 12.7 Å². The molecule has 0 bridgehead atoms. The van der Waals surface area contributed by atoms with Crippen molar-refractivity contribution in [3.05, 3.63) is 30.1 Å². The third-order valence-corrected chi connectivity index (χ3v) is 4.09. The van der Waals surface area contributed by atoms with Crippen LogP contribution in [0.1, 0.15) is 5.69 Å². The van der Waals surface area contributed by atoms with Crippen LogP contribution in [0.5, 0.6) is 0 Å². The molecule has 1 N–H and O–H groups in total. The molecule has 2 heterocycles. The van der Waals surface area contributed by atoms with Gasteiger partial charge >= 0.3 is 0 Å².